The summed E-state index contributed by atoms with van der Waals surface area (Å²) in [5.74, 6) is 0. The maximum absolute atomic E-state index is 5.91. The largest absolute Gasteiger partial charge is 0.333 e. The zero-order valence-electron chi connectivity index (χ0n) is 9.83. The molecule has 0 radical (unpaired) electrons. The van der Waals surface area contributed by atoms with Crippen molar-refractivity contribution in [1.82, 2.24) is 0 Å². The molecule has 1 aliphatic rings. The maximum atomic E-state index is 5.91. The topological polar surface area (TPSA) is 18.5 Å². The van der Waals surface area contributed by atoms with E-state index in [9.17, 15) is 0 Å². The smallest absolute Gasteiger partial charge is 0.173 e. The van der Waals surface area contributed by atoms with Gasteiger partial charge in [-0.1, -0.05) is 32.9 Å². The Morgan fingerprint density at radius 2 is 2.14 bits per heavy atom. The van der Waals surface area contributed by atoms with Crippen LogP contribution in [0.15, 0.2) is 12.2 Å². The van der Waals surface area contributed by atoms with E-state index >= 15 is 0 Å². The van der Waals surface area contributed by atoms with Crippen molar-refractivity contribution in [3.63, 3.8) is 0 Å². The summed E-state index contributed by atoms with van der Waals surface area (Å²) in [5, 5.41) is 0. The Kier molecular flexibility index (Phi) is 3.74. The summed E-state index contributed by atoms with van der Waals surface area (Å²) >= 11 is 0. The Balaban J connectivity index is 2.69. The van der Waals surface area contributed by atoms with Crippen LogP contribution in [0.2, 0.25) is 0 Å². The molecule has 0 saturated carbocycles. The Hall–Kier alpha value is 0.0900. The Labute approximate surface area is 88.6 Å². The summed E-state index contributed by atoms with van der Waals surface area (Å²) < 4.78 is 11.7. The van der Waals surface area contributed by atoms with Crippen molar-refractivity contribution in [1.29, 1.82) is 0 Å². The van der Waals surface area contributed by atoms with Crippen LogP contribution in [0.5, 0.6) is 0 Å². The monoisotopic (exact) mass is 216 g/mol. The first-order valence-corrected chi connectivity index (χ1v) is 6.37. The highest BCUT2D eigenvalue weighted by molar-refractivity contribution is 7.48. The van der Waals surface area contributed by atoms with Gasteiger partial charge in [0.25, 0.3) is 0 Å². The Bertz CT molecular complexity index is 227. The average Bonchev–Trinajstić information content (AvgIpc) is 2.09. The minimum absolute atomic E-state index is 0.0201. The lowest BCUT2D eigenvalue weighted by Crippen LogP contribution is -2.40. The molecule has 1 heterocycles. The van der Waals surface area contributed by atoms with Crippen LogP contribution >= 0.6 is 8.38 Å². The van der Waals surface area contributed by atoms with E-state index in [1.807, 2.05) is 6.92 Å². The van der Waals surface area contributed by atoms with Gasteiger partial charge in [0.15, 0.2) is 8.38 Å². The third-order valence-electron chi connectivity index (χ3n) is 3.05. The van der Waals surface area contributed by atoms with Crippen molar-refractivity contribution >= 4 is 8.38 Å². The van der Waals surface area contributed by atoms with Crippen LogP contribution in [0.1, 0.15) is 34.6 Å². The van der Waals surface area contributed by atoms with E-state index in [0.29, 0.717) is 5.66 Å². The predicted molar refractivity (Wildman–Crippen MR) is 61.5 cm³/mol. The minimum Gasteiger partial charge on any atom is -0.333 e. The van der Waals surface area contributed by atoms with Gasteiger partial charge in [0.2, 0.25) is 0 Å². The molecule has 14 heavy (non-hydrogen) atoms. The lowest BCUT2D eigenvalue weighted by Gasteiger charge is -2.43. The molecule has 0 aromatic heterocycles. The van der Waals surface area contributed by atoms with Gasteiger partial charge < -0.3 is 9.05 Å². The maximum Gasteiger partial charge on any atom is 0.173 e. The summed E-state index contributed by atoms with van der Waals surface area (Å²) in [6.07, 6.45) is 0.210. The first kappa shape index (κ1) is 12.2. The molecule has 3 heteroatoms. The van der Waals surface area contributed by atoms with Crippen LogP contribution < -0.4 is 0 Å². The highest BCUT2D eigenvalue weighted by Crippen LogP contribution is 2.53. The quantitative estimate of drug-likeness (QED) is 0.517. The van der Waals surface area contributed by atoms with Gasteiger partial charge in [-0.05, 0) is 13.8 Å². The molecule has 0 aliphatic carbocycles. The van der Waals surface area contributed by atoms with Crippen molar-refractivity contribution in [2.75, 3.05) is 6.61 Å². The van der Waals surface area contributed by atoms with E-state index in [-0.39, 0.29) is 11.5 Å². The van der Waals surface area contributed by atoms with E-state index < -0.39 is 8.38 Å². The Morgan fingerprint density at radius 1 is 1.57 bits per heavy atom. The molecule has 0 N–H and O–H groups in total. The third kappa shape index (κ3) is 2.18. The fourth-order valence-corrected chi connectivity index (χ4v) is 2.90. The molecule has 2 nitrogen and oxygen atoms in total. The molecule has 82 valence electrons. The molecule has 1 saturated heterocycles. The molecule has 1 rings (SSSR count). The minimum atomic E-state index is -0.694. The van der Waals surface area contributed by atoms with Gasteiger partial charge in [-0.3, -0.25) is 0 Å². The van der Waals surface area contributed by atoms with Crippen LogP contribution in [0.4, 0.5) is 0 Å². The number of hydrogen-bond donors (Lipinski definition) is 0. The second kappa shape index (κ2) is 4.30. The van der Waals surface area contributed by atoms with Gasteiger partial charge in [0.05, 0.1) is 12.7 Å². The van der Waals surface area contributed by atoms with Gasteiger partial charge in [0.1, 0.15) is 0 Å². The molecule has 1 fully saturated rings. The zero-order valence-corrected chi connectivity index (χ0v) is 10.7. The molecular formula is C11H21O2P. The normalized spacial score (nSPS) is 38.7. The molecule has 0 aromatic carbocycles. The first-order valence-electron chi connectivity index (χ1n) is 5.13. The fraction of sp³-hybridized carbons (Fsp3) is 0.818. The van der Waals surface area contributed by atoms with Crippen LogP contribution in [-0.2, 0) is 9.05 Å². The molecule has 3 unspecified atom stereocenters. The van der Waals surface area contributed by atoms with Crippen molar-refractivity contribution < 1.29 is 9.05 Å². The molecule has 3 atom stereocenters. The molecule has 0 amide bonds. The lowest BCUT2D eigenvalue weighted by atomic mass is 9.80. The second-order valence-corrected chi connectivity index (χ2v) is 6.67. The van der Waals surface area contributed by atoms with Crippen LogP contribution in [0.25, 0.3) is 0 Å². The summed E-state index contributed by atoms with van der Waals surface area (Å²) in [6.45, 7) is 15.4. The fourth-order valence-electron chi connectivity index (χ4n) is 1.36. The Morgan fingerprint density at radius 3 is 2.50 bits per heavy atom. The summed E-state index contributed by atoms with van der Waals surface area (Å²) in [6, 6.07) is 0. The van der Waals surface area contributed by atoms with Crippen molar-refractivity contribution in [3.8, 4) is 0 Å². The number of rotatable bonds is 2. The third-order valence-corrected chi connectivity index (χ3v) is 4.80. The van der Waals surface area contributed by atoms with Crippen LogP contribution in [0, 0.1) is 5.41 Å². The highest BCUT2D eigenvalue weighted by atomic mass is 31.2. The molecule has 1 aliphatic heterocycles. The van der Waals surface area contributed by atoms with Gasteiger partial charge >= 0.3 is 0 Å². The second-order valence-electron chi connectivity index (χ2n) is 4.60. The predicted octanol–water partition coefficient (Wildman–Crippen LogP) is 3.72. The van der Waals surface area contributed by atoms with Gasteiger partial charge in [0, 0.05) is 11.1 Å². The number of hydrogen-bond acceptors (Lipinski definition) is 2. The highest BCUT2D eigenvalue weighted by Gasteiger charge is 2.41. The zero-order chi connectivity index (χ0) is 10.9. The summed E-state index contributed by atoms with van der Waals surface area (Å²) in [4.78, 5) is 0. The summed E-state index contributed by atoms with van der Waals surface area (Å²) in [7, 11) is -0.694. The van der Waals surface area contributed by atoms with Crippen molar-refractivity contribution in [3.05, 3.63) is 12.2 Å². The van der Waals surface area contributed by atoms with Gasteiger partial charge in [-0.2, -0.15) is 0 Å². The van der Waals surface area contributed by atoms with Crippen LogP contribution in [-0.4, -0.2) is 18.4 Å². The van der Waals surface area contributed by atoms with E-state index in [1.54, 1.807) is 0 Å². The van der Waals surface area contributed by atoms with Crippen LogP contribution in [0.3, 0.4) is 0 Å². The molecule has 0 bridgehead atoms. The SMILES string of the molecule is C=C(C)C1(C)COP(C(C)C)OC1C. The van der Waals surface area contributed by atoms with Crippen molar-refractivity contribution in [2.45, 2.75) is 46.4 Å². The lowest BCUT2D eigenvalue weighted by molar-refractivity contribution is 0.0121. The van der Waals surface area contributed by atoms with E-state index in [4.69, 9.17) is 9.05 Å². The van der Waals surface area contributed by atoms with Gasteiger partial charge in [-0.15, -0.1) is 0 Å². The van der Waals surface area contributed by atoms with Crippen molar-refractivity contribution in [2.24, 2.45) is 5.41 Å². The first-order chi connectivity index (χ1) is 6.38. The summed E-state index contributed by atoms with van der Waals surface area (Å²) in [5.41, 5.74) is 1.60. The van der Waals surface area contributed by atoms with E-state index in [1.165, 1.54) is 0 Å². The van der Waals surface area contributed by atoms with Gasteiger partial charge in [-0.25, -0.2) is 0 Å². The van der Waals surface area contributed by atoms with E-state index in [2.05, 4.69) is 34.3 Å². The molecule has 0 aromatic rings. The standard InChI is InChI=1S/C11H21O2P/c1-8(2)11(6)7-12-14(9(3)4)13-10(11)5/h9-10H,1,7H2,2-6H3. The molecular weight excluding hydrogens is 195 g/mol. The molecule has 0 spiro atoms. The average molecular weight is 216 g/mol. The van der Waals surface area contributed by atoms with E-state index in [0.717, 1.165) is 12.2 Å².